The fourth-order valence-electron chi connectivity index (χ4n) is 2.91. The van der Waals surface area contributed by atoms with Gasteiger partial charge in [-0.15, -0.1) is 5.10 Å². The Labute approximate surface area is 157 Å². The molecule has 1 fully saturated rings. The monoisotopic (exact) mass is 372 g/mol. The van der Waals surface area contributed by atoms with Crippen LogP contribution >= 0.6 is 0 Å². The number of nitrogens with zero attached hydrogens (tertiary/aromatic N) is 4. The fourth-order valence-corrected chi connectivity index (χ4v) is 2.91. The first kappa shape index (κ1) is 18.7. The SMILES string of the molecule is Cc1c(OCC(=O)N2CCN(C)CC2)nn(-c2ccccc2)c1NC(N)=O. The first-order valence-electron chi connectivity index (χ1n) is 8.76. The molecule has 0 spiro atoms. The Hall–Kier alpha value is -3.07. The van der Waals surface area contributed by atoms with Crippen molar-refractivity contribution in [2.45, 2.75) is 6.92 Å². The number of ether oxygens (including phenoxy) is 1. The number of piperazine rings is 1. The summed E-state index contributed by atoms with van der Waals surface area (Å²) in [5.74, 6) is 0.613. The zero-order valence-corrected chi connectivity index (χ0v) is 15.5. The Morgan fingerprint density at radius 3 is 2.48 bits per heavy atom. The molecule has 0 radical (unpaired) electrons. The van der Waals surface area contributed by atoms with E-state index in [0.29, 0.717) is 24.5 Å². The summed E-state index contributed by atoms with van der Waals surface area (Å²) in [4.78, 5) is 27.7. The number of rotatable bonds is 5. The van der Waals surface area contributed by atoms with Gasteiger partial charge in [0.25, 0.3) is 5.91 Å². The molecule has 1 aliphatic heterocycles. The van der Waals surface area contributed by atoms with Gasteiger partial charge in [-0.05, 0) is 26.1 Å². The molecular formula is C18H24N6O3. The van der Waals surface area contributed by atoms with Crippen LogP contribution in [-0.2, 0) is 4.79 Å². The molecular weight excluding hydrogens is 348 g/mol. The van der Waals surface area contributed by atoms with E-state index in [-0.39, 0.29) is 18.4 Å². The minimum atomic E-state index is -0.699. The number of nitrogens with two attached hydrogens (primary N) is 1. The van der Waals surface area contributed by atoms with Crippen LogP contribution in [0.25, 0.3) is 5.69 Å². The van der Waals surface area contributed by atoms with Gasteiger partial charge in [-0.3, -0.25) is 10.1 Å². The highest BCUT2D eigenvalue weighted by Gasteiger charge is 2.22. The zero-order valence-electron chi connectivity index (χ0n) is 15.5. The van der Waals surface area contributed by atoms with E-state index in [1.807, 2.05) is 37.4 Å². The summed E-state index contributed by atoms with van der Waals surface area (Å²) in [7, 11) is 2.03. The Kier molecular flexibility index (Phi) is 5.60. The summed E-state index contributed by atoms with van der Waals surface area (Å²) in [6.45, 7) is 4.72. The maximum atomic E-state index is 12.4. The molecule has 0 unspecified atom stereocenters. The number of para-hydroxylation sites is 1. The molecule has 1 saturated heterocycles. The molecule has 3 rings (SSSR count). The van der Waals surface area contributed by atoms with Gasteiger partial charge in [0, 0.05) is 26.2 Å². The van der Waals surface area contributed by atoms with Crippen LogP contribution in [-0.4, -0.2) is 71.4 Å². The molecule has 3 N–H and O–H groups in total. The fraction of sp³-hybridized carbons (Fsp3) is 0.389. The minimum Gasteiger partial charge on any atom is -0.466 e. The number of primary amides is 1. The van der Waals surface area contributed by atoms with Crippen molar-refractivity contribution in [3.05, 3.63) is 35.9 Å². The number of nitrogens with one attached hydrogen (secondary N) is 1. The van der Waals surface area contributed by atoms with Gasteiger partial charge in [0.1, 0.15) is 5.82 Å². The van der Waals surface area contributed by atoms with Crippen molar-refractivity contribution >= 4 is 17.8 Å². The molecule has 1 aliphatic rings. The first-order valence-corrected chi connectivity index (χ1v) is 8.76. The van der Waals surface area contributed by atoms with Crippen LogP contribution < -0.4 is 15.8 Å². The highest BCUT2D eigenvalue weighted by Crippen LogP contribution is 2.28. The van der Waals surface area contributed by atoms with E-state index < -0.39 is 6.03 Å². The van der Waals surface area contributed by atoms with Crippen LogP contribution in [0.3, 0.4) is 0 Å². The van der Waals surface area contributed by atoms with E-state index in [2.05, 4.69) is 15.3 Å². The molecule has 1 aromatic carbocycles. The highest BCUT2D eigenvalue weighted by molar-refractivity contribution is 5.88. The van der Waals surface area contributed by atoms with Gasteiger partial charge >= 0.3 is 6.03 Å². The third kappa shape index (κ3) is 4.37. The van der Waals surface area contributed by atoms with Gasteiger partial charge < -0.3 is 20.3 Å². The van der Waals surface area contributed by atoms with E-state index in [9.17, 15) is 9.59 Å². The lowest BCUT2D eigenvalue weighted by atomic mass is 10.3. The van der Waals surface area contributed by atoms with Crippen molar-refractivity contribution in [2.24, 2.45) is 5.73 Å². The summed E-state index contributed by atoms with van der Waals surface area (Å²) in [5, 5.41) is 6.98. The molecule has 27 heavy (non-hydrogen) atoms. The molecule has 144 valence electrons. The summed E-state index contributed by atoms with van der Waals surface area (Å²) in [6, 6.07) is 8.59. The standard InChI is InChI=1S/C18H24N6O3/c1-13-16(20-18(19)26)24(14-6-4-3-5-7-14)21-17(13)27-12-15(25)23-10-8-22(2)9-11-23/h3-7H,8-12H2,1-2H3,(H3,19,20,26). The lowest BCUT2D eigenvalue weighted by Crippen LogP contribution is -2.48. The van der Waals surface area contributed by atoms with Crippen molar-refractivity contribution in [1.82, 2.24) is 19.6 Å². The second-order valence-corrected chi connectivity index (χ2v) is 6.49. The van der Waals surface area contributed by atoms with Gasteiger partial charge in [-0.1, -0.05) is 18.2 Å². The molecule has 0 atom stereocenters. The van der Waals surface area contributed by atoms with Crippen molar-refractivity contribution in [1.29, 1.82) is 0 Å². The van der Waals surface area contributed by atoms with Crippen LogP contribution in [0, 0.1) is 6.92 Å². The van der Waals surface area contributed by atoms with E-state index in [1.54, 1.807) is 11.8 Å². The Balaban J connectivity index is 1.76. The Morgan fingerprint density at radius 2 is 1.85 bits per heavy atom. The molecule has 1 aromatic heterocycles. The average Bonchev–Trinajstić information content (AvgIpc) is 2.96. The first-order chi connectivity index (χ1) is 13.0. The molecule has 0 aliphatic carbocycles. The van der Waals surface area contributed by atoms with Crippen LogP contribution in [0.2, 0.25) is 0 Å². The second kappa shape index (κ2) is 8.09. The number of benzene rings is 1. The van der Waals surface area contributed by atoms with Crippen molar-refractivity contribution in [3.63, 3.8) is 0 Å². The zero-order chi connectivity index (χ0) is 19.4. The van der Waals surface area contributed by atoms with Gasteiger partial charge in [-0.25, -0.2) is 9.48 Å². The topological polar surface area (TPSA) is 106 Å². The number of anilines is 1. The lowest BCUT2D eigenvalue weighted by Gasteiger charge is -2.32. The predicted octanol–water partition coefficient (Wildman–Crippen LogP) is 0.824. The summed E-state index contributed by atoms with van der Waals surface area (Å²) in [5.41, 5.74) is 6.62. The molecule has 0 bridgehead atoms. The normalized spacial score (nSPS) is 14.8. The number of likely N-dealkylation sites (N-methyl/N-ethyl adjacent to an activating group) is 1. The third-order valence-electron chi connectivity index (χ3n) is 4.51. The molecule has 2 aromatic rings. The van der Waals surface area contributed by atoms with Crippen LogP contribution in [0.15, 0.2) is 30.3 Å². The molecule has 0 saturated carbocycles. The second-order valence-electron chi connectivity index (χ2n) is 6.49. The van der Waals surface area contributed by atoms with Crippen LogP contribution in [0.1, 0.15) is 5.56 Å². The number of aromatic nitrogens is 2. The number of hydrogen-bond donors (Lipinski definition) is 2. The third-order valence-corrected chi connectivity index (χ3v) is 4.51. The van der Waals surface area contributed by atoms with Gasteiger partial charge in [-0.2, -0.15) is 0 Å². The summed E-state index contributed by atoms with van der Waals surface area (Å²) >= 11 is 0. The smallest absolute Gasteiger partial charge is 0.317 e. The van der Waals surface area contributed by atoms with Crippen molar-refractivity contribution in [3.8, 4) is 11.6 Å². The largest absolute Gasteiger partial charge is 0.466 e. The summed E-state index contributed by atoms with van der Waals surface area (Å²) < 4.78 is 7.21. The van der Waals surface area contributed by atoms with Gasteiger partial charge in [0.2, 0.25) is 5.88 Å². The number of carbonyl (C=O) groups is 2. The maximum Gasteiger partial charge on any atom is 0.317 e. The number of amides is 3. The summed E-state index contributed by atoms with van der Waals surface area (Å²) in [6.07, 6.45) is 0. The number of carbonyl (C=O) groups excluding carboxylic acids is 2. The van der Waals surface area contributed by atoms with E-state index in [1.165, 1.54) is 4.68 Å². The quantitative estimate of drug-likeness (QED) is 0.808. The Bertz CT molecular complexity index is 812. The Morgan fingerprint density at radius 1 is 1.19 bits per heavy atom. The number of hydrogen-bond acceptors (Lipinski definition) is 5. The lowest BCUT2D eigenvalue weighted by molar-refractivity contribution is -0.135. The van der Waals surface area contributed by atoms with Crippen molar-refractivity contribution < 1.29 is 14.3 Å². The minimum absolute atomic E-state index is 0.0822. The van der Waals surface area contributed by atoms with Crippen LogP contribution in [0.5, 0.6) is 5.88 Å². The molecule has 9 nitrogen and oxygen atoms in total. The van der Waals surface area contributed by atoms with Crippen LogP contribution in [0.4, 0.5) is 10.6 Å². The molecule has 9 heteroatoms. The highest BCUT2D eigenvalue weighted by atomic mass is 16.5. The maximum absolute atomic E-state index is 12.4. The van der Waals surface area contributed by atoms with E-state index >= 15 is 0 Å². The average molecular weight is 372 g/mol. The van der Waals surface area contributed by atoms with Gasteiger partial charge in [0.15, 0.2) is 6.61 Å². The number of urea groups is 1. The molecule has 3 amide bonds. The van der Waals surface area contributed by atoms with Crippen molar-refractivity contribution in [2.75, 3.05) is 45.2 Å². The molecule has 2 heterocycles. The van der Waals surface area contributed by atoms with Gasteiger partial charge in [0.05, 0.1) is 11.3 Å². The predicted molar refractivity (Wildman–Crippen MR) is 101 cm³/mol. The van der Waals surface area contributed by atoms with E-state index in [4.69, 9.17) is 10.5 Å². The van der Waals surface area contributed by atoms with E-state index in [0.717, 1.165) is 18.8 Å².